The fraction of sp³-hybridized carbons (Fsp3) is 0.190. The molecular formula is C21H19FN4O3. The number of nitrogens with one attached hydrogen (secondary N) is 1. The molecule has 0 amide bonds. The zero-order chi connectivity index (χ0) is 20.1. The van der Waals surface area contributed by atoms with Crippen LogP contribution in [-0.2, 0) is 6.54 Å². The van der Waals surface area contributed by atoms with Gasteiger partial charge in [-0.25, -0.2) is 14.4 Å². The van der Waals surface area contributed by atoms with E-state index >= 15 is 0 Å². The first kappa shape index (κ1) is 18.7. The number of halogens is 1. The smallest absolute Gasteiger partial charge is 0.231 e. The molecule has 0 radical (unpaired) electrons. The lowest BCUT2D eigenvalue weighted by Gasteiger charge is -2.24. The summed E-state index contributed by atoms with van der Waals surface area (Å²) in [7, 11) is 0. The molecule has 0 spiro atoms. The number of anilines is 1. The number of fused-ring (bicyclic) bond motifs is 1. The molecule has 2 heterocycles. The number of para-hydroxylation sites is 1. The van der Waals surface area contributed by atoms with E-state index in [1.54, 1.807) is 4.90 Å². The predicted octanol–water partition coefficient (Wildman–Crippen LogP) is 3.43. The van der Waals surface area contributed by atoms with Crippen molar-refractivity contribution in [1.29, 1.82) is 5.41 Å². The molecule has 0 bridgehead atoms. The van der Waals surface area contributed by atoms with Gasteiger partial charge in [0, 0.05) is 6.54 Å². The highest BCUT2D eigenvalue weighted by atomic mass is 19.1. The maximum atomic E-state index is 14.5. The van der Waals surface area contributed by atoms with Crippen molar-refractivity contribution in [3.8, 4) is 17.2 Å². The summed E-state index contributed by atoms with van der Waals surface area (Å²) in [6.45, 7) is 1.28. The molecule has 3 aromatic rings. The van der Waals surface area contributed by atoms with Crippen molar-refractivity contribution in [2.75, 3.05) is 24.8 Å². The molecule has 7 nitrogen and oxygen atoms in total. The van der Waals surface area contributed by atoms with Crippen LogP contribution < -0.4 is 19.1 Å². The second-order valence-corrected chi connectivity index (χ2v) is 6.31. The Labute approximate surface area is 167 Å². The number of nitrogens with zero attached hydrogens (tertiary/aromatic N) is 3. The molecule has 4 rings (SSSR count). The highest BCUT2D eigenvalue weighted by Crippen LogP contribution is 2.33. The van der Waals surface area contributed by atoms with Crippen LogP contribution in [0, 0.1) is 11.2 Å². The maximum Gasteiger partial charge on any atom is 0.231 e. The van der Waals surface area contributed by atoms with Gasteiger partial charge >= 0.3 is 0 Å². The van der Waals surface area contributed by atoms with E-state index < -0.39 is 5.82 Å². The topological polar surface area (TPSA) is 80.6 Å². The van der Waals surface area contributed by atoms with Gasteiger partial charge in [-0.15, -0.1) is 0 Å². The van der Waals surface area contributed by atoms with Crippen LogP contribution in [0.15, 0.2) is 54.7 Å². The van der Waals surface area contributed by atoms with Gasteiger partial charge in [0.05, 0.1) is 19.0 Å². The summed E-state index contributed by atoms with van der Waals surface area (Å²) in [5.41, 5.74) is 0.906. The first-order valence-electron chi connectivity index (χ1n) is 9.07. The van der Waals surface area contributed by atoms with Gasteiger partial charge in [-0.2, -0.15) is 0 Å². The SMILES string of the molecule is N=Cc1ncc(F)c(N(CCOc2ccccc2)Cc2ccc3c(c2)OCO3)n1. The van der Waals surface area contributed by atoms with E-state index in [1.165, 1.54) is 0 Å². The monoisotopic (exact) mass is 394 g/mol. The Morgan fingerprint density at radius 3 is 2.79 bits per heavy atom. The predicted molar refractivity (Wildman–Crippen MR) is 105 cm³/mol. The van der Waals surface area contributed by atoms with Crippen LogP contribution in [0.1, 0.15) is 11.4 Å². The van der Waals surface area contributed by atoms with E-state index in [-0.39, 0.29) is 18.4 Å². The average molecular weight is 394 g/mol. The van der Waals surface area contributed by atoms with Crippen LogP contribution in [0.4, 0.5) is 10.2 Å². The average Bonchev–Trinajstić information content (AvgIpc) is 3.22. The lowest BCUT2D eigenvalue weighted by molar-refractivity contribution is 0.174. The first-order valence-corrected chi connectivity index (χ1v) is 9.07. The minimum absolute atomic E-state index is 0.118. The summed E-state index contributed by atoms with van der Waals surface area (Å²) in [5, 5.41) is 7.36. The molecule has 1 N–H and O–H groups in total. The van der Waals surface area contributed by atoms with Crippen LogP contribution in [0.25, 0.3) is 0 Å². The van der Waals surface area contributed by atoms with Crippen molar-refractivity contribution in [3.05, 3.63) is 71.9 Å². The fourth-order valence-corrected chi connectivity index (χ4v) is 2.97. The molecule has 0 atom stereocenters. The van der Waals surface area contributed by atoms with E-state index in [9.17, 15) is 4.39 Å². The van der Waals surface area contributed by atoms with Gasteiger partial charge in [0.1, 0.15) is 12.4 Å². The molecular weight excluding hydrogens is 375 g/mol. The molecule has 0 unspecified atom stereocenters. The minimum atomic E-state index is -0.559. The maximum absolute atomic E-state index is 14.5. The molecule has 148 valence electrons. The molecule has 0 saturated heterocycles. The van der Waals surface area contributed by atoms with Gasteiger partial charge in [0.25, 0.3) is 0 Å². The number of hydrogen-bond acceptors (Lipinski definition) is 7. The lowest BCUT2D eigenvalue weighted by atomic mass is 10.2. The van der Waals surface area contributed by atoms with E-state index in [2.05, 4.69) is 9.97 Å². The summed E-state index contributed by atoms with van der Waals surface area (Å²) >= 11 is 0. The Balaban J connectivity index is 1.55. The third-order valence-corrected chi connectivity index (χ3v) is 4.36. The van der Waals surface area contributed by atoms with Crippen molar-refractivity contribution < 1.29 is 18.6 Å². The fourth-order valence-electron chi connectivity index (χ4n) is 2.97. The van der Waals surface area contributed by atoms with Crippen LogP contribution in [0.3, 0.4) is 0 Å². The largest absolute Gasteiger partial charge is 0.492 e. The quantitative estimate of drug-likeness (QED) is 0.590. The molecule has 0 fully saturated rings. The van der Waals surface area contributed by atoms with E-state index in [1.807, 2.05) is 48.5 Å². The Morgan fingerprint density at radius 2 is 1.97 bits per heavy atom. The highest BCUT2D eigenvalue weighted by Gasteiger charge is 2.18. The number of benzene rings is 2. The lowest BCUT2D eigenvalue weighted by Crippen LogP contribution is -2.30. The Kier molecular flexibility index (Phi) is 5.51. The molecule has 0 aliphatic carbocycles. The second kappa shape index (κ2) is 8.55. The summed E-state index contributed by atoms with van der Waals surface area (Å²) in [6.07, 6.45) is 2.07. The zero-order valence-corrected chi connectivity index (χ0v) is 15.5. The van der Waals surface area contributed by atoms with Crippen LogP contribution in [-0.4, -0.2) is 36.1 Å². The summed E-state index contributed by atoms with van der Waals surface area (Å²) in [5.74, 6) is 1.78. The summed E-state index contributed by atoms with van der Waals surface area (Å²) in [6, 6.07) is 15.0. The normalized spacial score (nSPS) is 11.9. The second-order valence-electron chi connectivity index (χ2n) is 6.31. The van der Waals surface area contributed by atoms with Crippen molar-refractivity contribution in [1.82, 2.24) is 9.97 Å². The standard InChI is InChI=1S/C21H19FN4O3/c22-17-12-24-20(11-23)25-21(17)26(8-9-27-16-4-2-1-3-5-16)13-15-6-7-18-19(10-15)29-14-28-18/h1-7,10-12,23H,8-9,13-14H2. The molecule has 8 heteroatoms. The van der Waals surface area contributed by atoms with Gasteiger partial charge < -0.3 is 24.5 Å². The van der Waals surface area contributed by atoms with Crippen molar-refractivity contribution >= 4 is 12.0 Å². The van der Waals surface area contributed by atoms with Crippen LogP contribution >= 0.6 is 0 Å². The number of ether oxygens (including phenoxy) is 3. The number of aromatic nitrogens is 2. The number of rotatable bonds is 8. The molecule has 2 aromatic carbocycles. The van der Waals surface area contributed by atoms with E-state index in [0.29, 0.717) is 31.2 Å². The number of hydrogen-bond donors (Lipinski definition) is 1. The zero-order valence-electron chi connectivity index (χ0n) is 15.5. The molecule has 1 aliphatic heterocycles. The third-order valence-electron chi connectivity index (χ3n) is 4.36. The van der Waals surface area contributed by atoms with Crippen molar-refractivity contribution in [3.63, 3.8) is 0 Å². The Morgan fingerprint density at radius 1 is 1.14 bits per heavy atom. The van der Waals surface area contributed by atoms with Gasteiger partial charge in [0.15, 0.2) is 29.0 Å². The minimum Gasteiger partial charge on any atom is -0.492 e. The van der Waals surface area contributed by atoms with Crippen molar-refractivity contribution in [2.45, 2.75) is 6.54 Å². The van der Waals surface area contributed by atoms with Crippen molar-refractivity contribution in [2.24, 2.45) is 0 Å². The van der Waals surface area contributed by atoms with E-state index in [4.69, 9.17) is 19.6 Å². The molecule has 1 aromatic heterocycles. The van der Waals surface area contributed by atoms with Crippen LogP contribution in [0.2, 0.25) is 0 Å². The van der Waals surface area contributed by atoms with Gasteiger partial charge in [0.2, 0.25) is 6.79 Å². The molecule has 0 saturated carbocycles. The van der Waals surface area contributed by atoms with Gasteiger partial charge in [-0.1, -0.05) is 24.3 Å². The summed E-state index contributed by atoms with van der Waals surface area (Å²) in [4.78, 5) is 9.72. The summed E-state index contributed by atoms with van der Waals surface area (Å²) < 4.78 is 31.0. The Bertz CT molecular complexity index is 1000. The van der Waals surface area contributed by atoms with Crippen LogP contribution in [0.5, 0.6) is 17.2 Å². The van der Waals surface area contributed by atoms with Gasteiger partial charge in [-0.3, -0.25) is 0 Å². The van der Waals surface area contributed by atoms with E-state index in [0.717, 1.165) is 23.7 Å². The third kappa shape index (κ3) is 4.43. The Hall–Kier alpha value is -3.68. The molecule has 29 heavy (non-hydrogen) atoms. The van der Waals surface area contributed by atoms with Gasteiger partial charge in [-0.05, 0) is 29.8 Å². The highest BCUT2D eigenvalue weighted by molar-refractivity contribution is 5.72. The molecule has 1 aliphatic rings. The first-order chi connectivity index (χ1) is 14.2.